The van der Waals surface area contributed by atoms with E-state index in [1.54, 1.807) is 12.4 Å². The summed E-state index contributed by atoms with van der Waals surface area (Å²) in [6, 6.07) is 2.00. The first-order valence-corrected chi connectivity index (χ1v) is 4.72. The van der Waals surface area contributed by atoms with Gasteiger partial charge >= 0.3 is 0 Å². The van der Waals surface area contributed by atoms with Crippen molar-refractivity contribution in [2.24, 2.45) is 0 Å². The highest BCUT2D eigenvalue weighted by atomic mass is 127. The molecule has 12 heavy (non-hydrogen) atoms. The van der Waals surface area contributed by atoms with E-state index >= 15 is 0 Å². The number of hydrogen-bond acceptors (Lipinski definition) is 2. The molecule has 0 bridgehead atoms. The largest absolute Gasteiger partial charge is 0.262 e. The van der Waals surface area contributed by atoms with Crippen LogP contribution in [-0.2, 0) is 0 Å². The van der Waals surface area contributed by atoms with Crippen LogP contribution >= 0.6 is 22.6 Å². The third-order valence-electron chi connectivity index (χ3n) is 1.88. The SMILES string of the molecule is Cc1c(I)cnc2cnccc12. The molecule has 2 aromatic heterocycles. The lowest BCUT2D eigenvalue weighted by Crippen LogP contribution is -1.87. The Bertz CT molecular complexity index is 426. The van der Waals surface area contributed by atoms with Gasteiger partial charge < -0.3 is 0 Å². The molecule has 2 nitrogen and oxygen atoms in total. The summed E-state index contributed by atoms with van der Waals surface area (Å²) >= 11 is 2.29. The summed E-state index contributed by atoms with van der Waals surface area (Å²) in [6.45, 7) is 2.10. The van der Waals surface area contributed by atoms with Crippen molar-refractivity contribution in [1.82, 2.24) is 9.97 Å². The molecule has 0 radical (unpaired) electrons. The van der Waals surface area contributed by atoms with Gasteiger partial charge in [-0.2, -0.15) is 0 Å². The molecule has 0 fully saturated rings. The summed E-state index contributed by atoms with van der Waals surface area (Å²) in [5.41, 5.74) is 2.25. The van der Waals surface area contributed by atoms with Crippen molar-refractivity contribution in [3.05, 3.63) is 33.8 Å². The number of aryl methyl sites for hydroxylation is 1. The average molecular weight is 270 g/mol. The Morgan fingerprint density at radius 1 is 1.33 bits per heavy atom. The van der Waals surface area contributed by atoms with E-state index in [1.807, 2.05) is 12.3 Å². The molecule has 3 heteroatoms. The Labute approximate surface area is 84.2 Å². The molecule has 0 saturated carbocycles. The molecule has 0 unspecified atom stereocenters. The molecule has 0 aromatic carbocycles. The Morgan fingerprint density at radius 3 is 3.00 bits per heavy atom. The molecular formula is C9H7IN2. The summed E-state index contributed by atoms with van der Waals surface area (Å²) in [7, 11) is 0. The van der Waals surface area contributed by atoms with Gasteiger partial charge in [0, 0.05) is 21.4 Å². The second-order valence-electron chi connectivity index (χ2n) is 2.62. The van der Waals surface area contributed by atoms with E-state index in [0.29, 0.717) is 0 Å². The number of halogens is 1. The van der Waals surface area contributed by atoms with Crippen LogP contribution in [0.25, 0.3) is 10.9 Å². The third kappa shape index (κ3) is 1.18. The van der Waals surface area contributed by atoms with E-state index in [4.69, 9.17) is 0 Å². The van der Waals surface area contributed by atoms with Crippen LogP contribution in [-0.4, -0.2) is 9.97 Å². The van der Waals surface area contributed by atoms with Gasteiger partial charge in [0.25, 0.3) is 0 Å². The molecular weight excluding hydrogens is 263 g/mol. The molecule has 2 heterocycles. The quantitative estimate of drug-likeness (QED) is 0.687. The normalized spacial score (nSPS) is 10.5. The van der Waals surface area contributed by atoms with Crippen LogP contribution < -0.4 is 0 Å². The van der Waals surface area contributed by atoms with Gasteiger partial charge in [0.1, 0.15) is 0 Å². The maximum atomic E-state index is 4.27. The number of nitrogens with zero attached hydrogens (tertiary/aromatic N) is 2. The summed E-state index contributed by atoms with van der Waals surface area (Å²) in [4.78, 5) is 8.29. The lowest BCUT2D eigenvalue weighted by Gasteiger charge is -2.01. The third-order valence-corrected chi connectivity index (χ3v) is 2.97. The minimum absolute atomic E-state index is 0.968. The highest BCUT2D eigenvalue weighted by Gasteiger charge is 2.00. The topological polar surface area (TPSA) is 25.8 Å². The zero-order valence-corrected chi connectivity index (χ0v) is 8.74. The molecule has 0 amide bonds. The minimum atomic E-state index is 0.968. The molecule has 0 N–H and O–H groups in total. The molecule has 2 rings (SSSR count). The lowest BCUT2D eigenvalue weighted by atomic mass is 10.2. The molecule has 0 saturated heterocycles. The fourth-order valence-electron chi connectivity index (χ4n) is 1.16. The Morgan fingerprint density at radius 2 is 2.17 bits per heavy atom. The first-order chi connectivity index (χ1) is 5.79. The first kappa shape index (κ1) is 7.91. The van der Waals surface area contributed by atoms with Gasteiger partial charge in [0.2, 0.25) is 0 Å². The summed E-state index contributed by atoms with van der Waals surface area (Å²) in [6.07, 6.45) is 5.46. The highest BCUT2D eigenvalue weighted by molar-refractivity contribution is 14.1. The lowest BCUT2D eigenvalue weighted by molar-refractivity contribution is 1.28. The van der Waals surface area contributed by atoms with Crippen LogP contribution in [0.4, 0.5) is 0 Å². The summed E-state index contributed by atoms with van der Waals surface area (Å²) in [5, 5.41) is 1.19. The van der Waals surface area contributed by atoms with E-state index in [1.165, 1.54) is 14.5 Å². The van der Waals surface area contributed by atoms with Crippen LogP contribution in [0, 0.1) is 10.5 Å². The van der Waals surface area contributed by atoms with Crippen molar-refractivity contribution in [2.75, 3.05) is 0 Å². The van der Waals surface area contributed by atoms with Gasteiger partial charge in [-0.25, -0.2) is 0 Å². The van der Waals surface area contributed by atoms with Gasteiger partial charge in [-0.3, -0.25) is 9.97 Å². The standard InChI is InChI=1S/C9H7IN2/c1-6-7-2-3-11-5-9(7)12-4-8(6)10/h2-5H,1H3. The molecule has 0 aliphatic carbocycles. The van der Waals surface area contributed by atoms with Crippen LogP contribution in [0.1, 0.15) is 5.56 Å². The number of aromatic nitrogens is 2. The summed E-state index contributed by atoms with van der Waals surface area (Å²) in [5.74, 6) is 0. The maximum absolute atomic E-state index is 4.27. The van der Waals surface area contributed by atoms with E-state index < -0.39 is 0 Å². The van der Waals surface area contributed by atoms with Crippen molar-refractivity contribution in [3.8, 4) is 0 Å². The average Bonchev–Trinajstić information content (AvgIpc) is 2.12. The Balaban J connectivity index is 2.91. The van der Waals surface area contributed by atoms with Crippen molar-refractivity contribution >= 4 is 33.5 Å². The van der Waals surface area contributed by atoms with Gasteiger partial charge in [0.05, 0.1) is 11.7 Å². The van der Waals surface area contributed by atoms with E-state index in [0.717, 1.165) is 5.52 Å². The molecule has 0 aliphatic heterocycles. The van der Waals surface area contributed by atoms with Gasteiger partial charge in [-0.05, 0) is 41.1 Å². The van der Waals surface area contributed by atoms with E-state index in [-0.39, 0.29) is 0 Å². The molecule has 0 atom stereocenters. The van der Waals surface area contributed by atoms with Crippen LogP contribution in [0.3, 0.4) is 0 Å². The highest BCUT2D eigenvalue weighted by Crippen LogP contribution is 2.19. The molecule has 2 aromatic rings. The van der Waals surface area contributed by atoms with Crippen molar-refractivity contribution in [3.63, 3.8) is 0 Å². The molecule has 60 valence electrons. The van der Waals surface area contributed by atoms with Crippen molar-refractivity contribution in [1.29, 1.82) is 0 Å². The fraction of sp³-hybridized carbons (Fsp3) is 0.111. The van der Waals surface area contributed by atoms with Crippen molar-refractivity contribution < 1.29 is 0 Å². The Hall–Kier alpha value is -0.710. The van der Waals surface area contributed by atoms with Crippen molar-refractivity contribution in [2.45, 2.75) is 6.92 Å². The number of fused-ring (bicyclic) bond motifs is 1. The first-order valence-electron chi connectivity index (χ1n) is 3.64. The molecule has 0 aliphatic rings. The van der Waals surface area contributed by atoms with Gasteiger partial charge in [-0.15, -0.1) is 0 Å². The van der Waals surface area contributed by atoms with Crippen LogP contribution in [0.5, 0.6) is 0 Å². The summed E-state index contributed by atoms with van der Waals surface area (Å²) < 4.78 is 1.20. The predicted molar refractivity (Wildman–Crippen MR) is 57.0 cm³/mol. The predicted octanol–water partition coefficient (Wildman–Crippen LogP) is 2.54. The van der Waals surface area contributed by atoms with Gasteiger partial charge in [0.15, 0.2) is 0 Å². The van der Waals surface area contributed by atoms with E-state index in [2.05, 4.69) is 39.5 Å². The molecule has 0 spiro atoms. The maximum Gasteiger partial charge on any atom is 0.0888 e. The number of hydrogen-bond donors (Lipinski definition) is 0. The van der Waals surface area contributed by atoms with E-state index in [9.17, 15) is 0 Å². The monoisotopic (exact) mass is 270 g/mol. The van der Waals surface area contributed by atoms with Crippen LogP contribution in [0.15, 0.2) is 24.7 Å². The van der Waals surface area contributed by atoms with Crippen LogP contribution in [0.2, 0.25) is 0 Å². The van der Waals surface area contributed by atoms with Gasteiger partial charge in [-0.1, -0.05) is 0 Å². The fourth-order valence-corrected chi connectivity index (χ4v) is 1.59. The second-order valence-corrected chi connectivity index (χ2v) is 3.79. The second kappa shape index (κ2) is 2.97. The number of rotatable bonds is 0. The Kier molecular flexibility index (Phi) is 1.96. The minimum Gasteiger partial charge on any atom is -0.262 e. The zero-order chi connectivity index (χ0) is 8.55. The zero-order valence-electron chi connectivity index (χ0n) is 6.58. The smallest absolute Gasteiger partial charge is 0.0888 e. The number of pyridine rings is 2.